The third-order valence-electron chi connectivity index (χ3n) is 3.46. The SMILES string of the molecule is CCC(O)(CC)CNCC1CCC(C)O1. The highest BCUT2D eigenvalue weighted by atomic mass is 16.5. The zero-order valence-electron chi connectivity index (χ0n) is 10.3. The molecule has 15 heavy (non-hydrogen) atoms. The fourth-order valence-electron chi connectivity index (χ4n) is 2.00. The highest BCUT2D eigenvalue weighted by molar-refractivity contribution is 4.79. The van der Waals surface area contributed by atoms with Crippen LogP contribution in [0.1, 0.15) is 46.5 Å². The first-order valence-electron chi connectivity index (χ1n) is 6.18. The minimum Gasteiger partial charge on any atom is -0.389 e. The molecule has 0 aromatic rings. The van der Waals surface area contributed by atoms with Crippen molar-refractivity contribution in [3.63, 3.8) is 0 Å². The summed E-state index contributed by atoms with van der Waals surface area (Å²) < 4.78 is 5.70. The van der Waals surface area contributed by atoms with E-state index in [-0.39, 0.29) is 0 Å². The summed E-state index contributed by atoms with van der Waals surface area (Å²) in [7, 11) is 0. The molecule has 3 nitrogen and oxygen atoms in total. The molecule has 1 heterocycles. The lowest BCUT2D eigenvalue weighted by Crippen LogP contribution is -2.42. The molecule has 2 N–H and O–H groups in total. The number of rotatable bonds is 6. The Bertz CT molecular complexity index is 180. The third-order valence-corrected chi connectivity index (χ3v) is 3.46. The minimum atomic E-state index is -0.537. The molecule has 1 fully saturated rings. The van der Waals surface area contributed by atoms with Crippen LogP contribution in [0.4, 0.5) is 0 Å². The molecule has 0 amide bonds. The van der Waals surface area contributed by atoms with E-state index >= 15 is 0 Å². The summed E-state index contributed by atoms with van der Waals surface area (Å²) in [5, 5.41) is 13.4. The van der Waals surface area contributed by atoms with Crippen molar-refractivity contribution in [3.05, 3.63) is 0 Å². The van der Waals surface area contributed by atoms with E-state index in [9.17, 15) is 5.11 Å². The average molecular weight is 215 g/mol. The van der Waals surface area contributed by atoms with Crippen LogP contribution in [0.3, 0.4) is 0 Å². The van der Waals surface area contributed by atoms with E-state index in [1.54, 1.807) is 0 Å². The van der Waals surface area contributed by atoms with Crippen molar-refractivity contribution in [2.75, 3.05) is 13.1 Å². The molecule has 0 spiro atoms. The van der Waals surface area contributed by atoms with Crippen molar-refractivity contribution in [2.45, 2.75) is 64.3 Å². The monoisotopic (exact) mass is 215 g/mol. The number of hydrogen-bond donors (Lipinski definition) is 2. The molecule has 1 aliphatic heterocycles. The van der Waals surface area contributed by atoms with Crippen LogP contribution in [-0.2, 0) is 4.74 Å². The van der Waals surface area contributed by atoms with Crippen LogP contribution >= 0.6 is 0 Å². The fraction of sp³-hybridized carbons (Fsp3) is 1.00. The zero-order chi connectivity index (χ0) is 11.3. The van der Waals surface area contributed by atoms with Crippen molar-refractivity contribution in [2.24, 2.45) is 0 Å². The minimum absolute atomic E-state index is 0.345. The van der Waals surface area contributed by atoms with Gasteiger partial charge in [-0.05, 0) is 32.6 Å². The van der Waals surface area contributed by atoms with Crippen LogP contribution in [-0.4, -0.2) is 36.0 Å². The molecule has 1 saturated heterocycles. The lowest BCUT2D eigenvalue weighted by atomic mass is 9.97. The Hall–Kier alpha value is -0.120. The number of ether oxygens (including phenoxy) is 1. The fourth-order valence-corrected chi connectivity index (χ4v) is 2.00. The molecule has 0 radical (unpaired) electrons. The van der Waals surface area contributed by atoms with Crippen LogP contribution in [0.25, 0.3) is 0 Å². The number of nitrogens with one attached hydrogen (secondary N) is 1. The normalized spacial score (nSPS) is 27.2. The Kier molecular flexibility index (Phi) is 5.03. The predicted molar refractivity (Wildman–Crippen MR) is 62.0 cm³/mol. The van der Waals surface area contributed by atoms with E-state index in [4.69, 9.17) is 4.74 Å². The van der Waals surface area contributed by atoms with E-state index in [1.807, 2.05) is 13.8 Å². The first-order chi connectivity index (χ1) is 7.09. The lowest BCUT2D eigenvalue weighted by molar-refractivity contribution is 0.0219. The van der Waals surface area contributed by atoms with Gasteiger partial charge in [-0.15, -0.1) is 0 Å². The van der Waals surface area contributed by atoms with Gasteiger partial charge in [0.25, 0.3) is 0 Å². The quantitative estimate of drug-likeness (QED) is 0.708. The first-order valence-corrected chi connectivity index (χ1v) is 6.18. The molecule has 0 bridgehead atoms. The van der Waals surface area contributed by atoms with Gasteiger partial charge < -0.3 is 15.2 Å². The predicted octanol–water partition coefficient (Wildman–Crippen LogP) is 1.69. The molecule has 0 aliphatic carbocycles. The van der Waals surface area contributed by atoms with Crippen molar-refractivity contribution in [3.8, 4) is 0 Å². The summed E-state index contributed by atoms with van der Waals surface area (Å²) in [6.07, 6.45) is 4.67. The Labute approximate surface area is 93.2 Å². The van der Waals surface area contributed by atoms with E-state index in [2.05, 4.69) is 12.2 Å². The summed E-state index contributed by atoms with van der Waals surface area (Å²) in [4.78, 5) is 0. The van der Waals surface area contributed by atoms with Gasteiger partial charge in [0.05, 0.1) is 17.8 Å². The van der Waals surface area contributed by atoms with Crippen molar-refractivity contribution in [1.29, 1.82) is 0 Å². The summed E-state index contributed by atoms with van der Waals surface area (Å²) in [6.45, 7) is 7.72. The molecule has 1 rings (SSSR count). The van der Waals surface area contributed by atoms with E-state index < -0.39 is 5.60 Å². The molecule has 0 saturated carbocycles. The Balaban J connectivity index is 2.15. The molecule has 3 heteroatoms. The summed E-state index contributed by atoms with van der Waals surface area (Å²) >= 11 is 0. The molecule has 0 aromatic heterocycles. The smallest absolute Gasteiger partial charge is 0.0766 e. The van der Waals surface area contributed by atoms with Crippen molar-refractivity contribution in [1.82, 2.24) is 5.32 Å². The zero-order valence-corrected chi connectivity index (χ0v) is 10.3. The number of aliphatic hydroxyl groups is 1. The van der Waals surface area contributed by atoms with Crippen molar-refractivity contribution < 1.29 is 9.84 Å². The second-order valence-electron chi connectivity index (χ2n) is 4.71. The largest absolute Gasteiger partial charge is 0.389 e. The molecular weight excluding hydrogens is 190 g/mol. The van der Waals surface area contributed by atoms with Gasteiger partial charge in [0.2, 0.25) is 0 Å². The van der Waals surface area contributed by atoms with E-state index in [0.717, 1.165) is 32.2 Å². The Morgan fingerprint density at radius 2 is 2.00 bits per heavy atom. The molecule has 2 unspecified atom stereocenters. The van der Waals surface area contributed by atoms with Gasteiger partial charge in [0.15, 0.2) is 0 Å². The van der Waals surface area contributed by atoms with Gasteiger partial charge in [-0.2, -0.15) is 0 Å². The standard InChI is InChI=1S/C12H25NO2/c1-4-12(14,5-2)9-13-8-11-7-6-10(3)15-11/h10-11,13-14H,4-9H2,1-3H3. The van der Waals surface area contributed by atoms with Crippen LogP contribution < -0.4 is 5.32 Å². The van der Waals surface area contributed by atoms with Gasteiger partial charge in [-0.3, -0.25) is 0 Å². The van der Waals surface area contributed by atoms with Crippen LogP contribution in [0.15, 0.2) is 0 Å². The van der Waals surface area contributed by atoms with E-state index in [1.165, 1.54) is 0 Å². The molecule has 90 valence electrons. The summed E-state index contributed by atoms with van der Waals surface area (Å²) in [5.74, 6) is 0. The first kappa shape index (κ1) is 12.9. The highest BCUT2D eigenvalue weighted by Crippen LogP contribution is 2.18. The maximum absolute atomic E-state index is 10.1. The maximum Gasteiger partial charge on any atom is 0.0766 e. The van der Waals surface area contributed by atoms with Gasteiger partial charge in [-0.25, -0.2) is 0 Å². The van der Waals surface area contributed by atoms with Gasteiger partial charge in [0, 0.05) is 13.1 Å². The Morgan fingerprint density at radius 3 is 2.47 bits per heavy atom. The lowest BCUT2D eigenvalue weighted by Gasteiger charge is -2.26. The van der Waals surface area contributed by atoms with Crippen molar-refractivity contribution >= 4 is 0 Å². The molecular formula is C12H25NO2. The molecule has 0 aromatic carbocycles. The third kappa shape index (κ3) is 4.09. The second-order valence-corrected chi connectivity index (χ2v) is 4.71. The molecule has 1 aliphatic rings. The second kappa shape index (κ2) is 5.83. The van der Waals surface area contributed by atoms with Gasteiger partial charge >= 0.3 is 0 Å². The number of hydrogen-bond acceptors (Lipinski definition) is 3. The summed E-state index contributed by atoms with van der Waals surface area (Å²) in [6, 6.07) is 0. The topological polar surface area (TPSA) is 41.5 Å². The average Bonchev–Trinajstić information content (AvgIpc) is 2.64. The summed E-state index contributed by atoms with van der Waals surface area (Å²) in [5.41, 5.74) is -0.537. The highest BCUT2D eigenvalue weighted by Gasteiger charge is 2.24. The maximum atomic E-state index is 10.1. The van der Waals surface area contributed by atoms with Gasteiger partial charge in [0.1, 0.15) is 0 Å². The Morgan fingerprint density at radius 1 is 1.33 bits per heavy atom. The van der Waals surface area contributed by atoms with Crippen LogP contribution in [0.2, 0.25) is 0 Å². The van der Waals surface area contributed by atoms with Crippen LogP contribution in [0.5, 0.6) is 0 Å². The van der Waals surface area contributed by atoms with Crippen LogP contribution in [0, 0.1) is 0 Å². The van der Waals surface area contributed by atoms with E-state index in [0.29, 0.717) is 18.8 Å². The molecule has 2 atom stereocenters. The van der Waals surface area contributed by atoms with Gasteiger partial charge in [-0.1, -0.05) is 13.8 Å².